The number of hydrogen-bond acceptors (Lipinski definition) is 3. The van der Waals surface area contributed by atoms with E-state index in [1.165, 1.54) is 9.80 Å². The molecule has 0 saturated carbocycles. The molecule has 7 nitrogen and oxygen atoms in total. The van der Waals surface area contributed by atoms with Gasteiger partial charge >= 0.3 is 12.0 Å². The molecule has 0 bridgehead atoms. The predicted octanol–water partition coefficient (Wildman–Crippen LogP) is 0.0728. The minimum Gasteiger partial charge on any atom is -0.481 e. The van der Waals surface area contributed by atoms with Crippen LogP contribution in [0, 0.1) is 11.8 Å². The number of carbonyl (C=O) groups is 3. The Balaban J connectivity index is 4.40. The summed E-state index contributed by atoms with van der Waals surface area (Å²) in [6.07, 6.45) is 0. The highest BCUT2D eigenvalue weighted by Gasteiger charge is 2.22. The quantitative estimate of drug-likeness (QED) is 0.716. The molecular weight excluding hydrogens is 250 g/mol. The number of carboxylic acids is 1. The summed E-state index contributed by atoms with van der Waals surface area (Å²) in [6.45, 7) is 3.68. The van der Waals surface area contributed by atoms with Crippen LogP contribution in [-0.4, -0.2) is 67.0 Å². The van der Waals surface area contributed by atoms with Crippen LogP contribution in [0.3, 0.4) is 0 Å². The molecule has 0 aliphatic rings. The van der Waals surface area contributed by atoms with Gasteiger partial charge in [-0.05, 0) is 0 Å². The van der Waals surface area contributed by atoms with Crippen LogP contribution < -0.4 is 5.32 Å². The minimum atomic E-state index is -0.943. The molecule has 0 aliphatic heterocycles. The lowest BCUT2D eigenvalue weighted by molar-refractivity contribution is -0.141. The van der Waals surface area contributed by atoms with Crippen molar-refractivity contribution in [1.82, 2.24) is 15.1 Å². The van der Waals surface area contributed by atoms with Crippen molar-refractivity contribution in [3.8, 4) is 0 Å². The molecule has 2 atom stereocenters. The van der Waals surface area contributed by atoms with Crippen molar-refractivity contribution in [2.45, 2.75) is 13.8 Å². The molecule has 0 rings (SSSR count). The summed E-state index contributed by atoms with van der Waals surface area (Å²) in [5.74, 6) is -2.02. The lowest BCUT2D eigenvalue weighted by atomic mass is 10.1. The zero-order valence-electron chi connectivity index (χ0n) is 12.1. The Morgan fingerprint density at radius 3 is 1.84 bits per heavy atom. The van der Waals surface area contributed by atoms with Crippen molar-refractivity contribution >= 4 is 17.9 Å². The molecule has 19 heavy (non-hydrogen) atoms. The summed E-state index contributed by atoms with van der Waals surface area (Å²) in [5, 5.41) is 11.3. The normalized spacial score (nSPS) is 13.3. The van der Waals surface area contributed by atoms with Crippen molar-refractivity contribution in [3.05, 3.63) is 0 Å². The van der Waals surface area contributed by atoms with E-state index < -0.39 is 11.9 Å². The second-order valence-electron chi connectivity index (χ2n) is 4.80. The first kappa shape index (κ1) is 17.2. The fraction of sp³-hybridized carbons (Fsp3) is 0.750. The largest absolute Gasteiger partial charge is 0.481 e. The monoisotopic (exact) mass is 273 g/mol. The van der Waals surface area contributed by atoms with E-state index in [-0.39, 0.29) is 30.9 Å². The summed E-state index contributed by atoms with van der Waals surface area (Å²) < 4.78 is 0. The number of hydrogen-bond donors (Lipinski definition) is 2. The van der Waals surface area contributed by atoms with E-state index in [4.69, 9.17) is 5.11 Å². The van der Waals surface area contributed by atoms with Gasteiger partial charge in [0.15, 0.2) is 0 Å². The third kappa shape index (κ3) is 5.58. The first-order valence-electron chi connectivity index (χ1n) is 6.11. The molecule has 0 aliphatic carbocycles. The van der Waals surface area contributed by atoms with Crippen molar-refractivity contribution in [3.63, 3.8) is 0 Å². The molecular formula is C12H23N3O4. The third-order valence-corrected chi connectivity index (χ3v) is 2.86. The standard InChI is InChI=1S/C12H23N3O4/c1-8(10(16)13-3)6-14(4)12(19)15(5)7-9(2)11(17)18/h8-9H,6-7H2,1-5H3,(H,13,16)(H,17,18). The Bertz CT molecular complexity index is 346. The predicted molar refractivity (Wildman–Crippen MR) is 70.7 cm³/mol. The zero-order chi connectivity index (χ0) is 15.2. The molecule has 3 amide bonds. The molecule has 0 aromatic heterocycles. The zero-order valence-corrected chi connectivity index (χ0v) is 12.1. The second kappa shape index (κ2) is 7.60. The summed E-state index contributed by atoms with van der Waals surface area (Å²) in [7, 11) is 4.67. The van der Waals surface area contributed by atoms with E-state index in [1.54, 1.807) is 35.0 Å². The van der Waals surface area contributed by atoms with Gasteiger partial charge in [-0.25, -0.2) is 4.79 Å². The first-order valence-corrected chi connectivity index (χ1v) is 6.11. The molecule has 7 heteroatoms. The maximum Gasteiger partial charge on any atom is 0.319 e. The first-order chi connectivity index (χ1) is 8.70. The lowest BCUT2D eigenvalue weighted by Crippen LogP contribution is -2.45. The van der Waals surface area contributed by atoms with E-state index in [0.717, 1.165) is 0 Å². The number of nitrogens with one attached hydrogen (secondary N) is 1. The molecule has 0 aromatic rings. The lowest BCUT2D eigenvalue weighted by Gasteiger charge is -2.27. The van der Waals surface area contributed by atoms with Crippen molar-refractivity contribution in [2.24, 2.45) is 11.8 Å². The molecule has 2 N–H and O–H groups in total. The third-order valence-electron chi connectivity index (χ3n) is 2.86. The van der Waals surface area contributed by atoms with Crippen LogP contribution >= 0.6 is 0 Å². The molecule has 0 spiro atoms. The van der Waals surface area contributed by atoms with Crippen LogP contribution in [-0.2, 0) is 9.59 Å². The van der Waals surface area contributed by atoms with Gasteiger partial charge in [0, 0.05) is 34.2 Å². The fourth-order valence-electron chi connectivity index (χ4n) is 1.68. The number of nitrogens with zero attached hydrogens (tertiary/aromatic N) is 2. The average molecular weight is 273 g/mol. The van der Waals surface area contributed by atoms with Crippen molar-refractivity contribution in [1.29, 1.82) is 0 Å². The molecule has 0 saturated heterocycles. The molecule has 2 unspecified atom stereocenters. The number of urea groups is 1. The fourth-order valence-corrected chi connectivity index (χ4v) is 1.68. The molecule has 0 radical (unpaired) electrons. The maximum absolute atomic E-state index is 12.0. The topological polar surface area (TPSA) is 90.0 Å². The number of carboxylic acid groups (broad SMARTS) is 1. The van der Waals surface area contributed by atoms with E-state index in [2.05, 4.69) is 5.32 Å². The van der Waals surface area contributed by atoms with E-state index in [9.17, 15) is 14.4 Å². The Kier molecular flexibility index (Phi) is 6.89. The van der Waals surface area contributed by atoms with Gasteiger partial charge in [0.2, 0.25) is 5.91 Å². The highest BCUT2D eigenvalue weighted by atomic mass is 16.4. The van der Waals surface area contributed by atoms with Crippen molar-refractivity contribution < 1.29 is 19.5 Å². The van der Waals surface area contributed by atoms with Crippen LogP contribution in [0.4, 0.5) is 4.79 Å². The van der Waals surface area contributed by atoms with E-state index in [0.29, 0.717) is 0 Å². The maximum atomic E-state index is 12.0. The Hall–Kier alpha value is -1.79. The summed E-state index contributed by atoms with van der Waals surface area (Å²) >= 11 is 0. The molecule has 110 valence electrons. The molecule has 0 fully saturated rings. The van der Waals surface area contributed by atoms with Gasteiger partial charge in [0.1, 0.15) is 0 Å². The van der Waals surface area contributed by atoms with Gasteiger partial charge in [-0.2, -0.15) is 0 Å². The van der Waals surface area contributed by atoms with Crippen LogP contribution in [0.25, 0.3) is 0 Å². The number of aliphatic carboxylic acids is 1. The minimum absolute atomic E-state index is 0.132. The number of carbonyl (C=O) groups excluding carboxylic acids is 2. The van der Waals surface area contributed by atoms with E-state index in [1.807, 2.05) is 0 Å². The Morgan fingerprint density at radius 1 is 1.05 bits per heavy atom. The van der Waals surface area contributed by atoms with Gasteiger partial charge in [-0.1, -0.05) is 13.8 Å². The summed E-state index contributed by atoms with van der Waals surface area (Å²) in [5.41, 5.74) is 0. The number of rotatable bonds is 6. The summed E-state index contributed by atoms with van der Waals surface area (Å²) in [6, 6.07) is -0.302. The number of amides is 3. The second-order valence-corrected chi connectivity index (χ2v) is 4.80. The Labute approximate surface area is 113 Å². The van der Waals surface area contributed by atoms with Crippen LogP contribution in [0.5, 0.6) is 0 Å². The summed E-state index contributed by atoms with van der Waals surface area (Å²) in [4.78, 5) is 36.8. The van der Waals surface area contributed by atoms with Crippen molar-refractivity contribution in [2.75, 3.05) is 34.2 Å². The van der Waals surface area contributed by atoms with Gasteiger partial charge in [0.25, 0.3) is 0 Å². The highest BCUT2D eigenvalue weighted by molar-refractivity contribution is 5.80. The van der Waals surface area contributed by atoms with Gasteiger partial charge in [-0.15, -0.1) is 0 Å². The smallest absolute Gasteiger partial charge is 0.319 e. The molecule has 0 heterocycles. The SMILES string of the molecule is CNC(=O)C(C)CN(C)C(=O)N(C)CC(C)C(=O)O. The van der Waals surface area contributed by atoms with Gasteiger partial charge in [-0.3, -0.25) is 9.59 Å². The van der Waals surface area contributed by atoms with Gasteiger partial charge < -0.3 is 20.2 Å². The highest BCUT2D eigenvalue weighted by Crippen LogP contribution is 2.04. The van der Waals surface area contributed by atoms with Crippen LogP contribution in [0.15, 0.2) is 0 Å². The average Bonchev–Trinajstić information content (AvgIpc) is 2.35. The van der Waals surface area contributed by atoms with Crippen LogP contribution in [0.2, 0.25) is 0 Å². The Morgan fingerprint density at radius 2 is 1.47 bits per heavy atom. The van der Waals surface area contributed by atoms with Crippen LogP contribution in [0.1, 0.15) is 13.8 Å². The molecule has 0 aromatic carbocycles. The van der Waals surface area contributed by atoms with E-state index >= 15 is 0 Å². The van der Waals surface area contributed by atoms with Gasteiger partial charge in [0.05, 0.1) is 11.8 Å².